The topological polar surface area (TPSA) is 67.8 Å². The molecular formula is C13H14N4OS. The minimum absolute atomic E-state index is 0.184. The minimum atomic E-state index is -0.184. The number of carbonyl (C=O) groups is 1. The van der Waals surface area contributed by atoms with Crippen molar-refractivity contribution < 1.29 is 4.79 Å². The normalized spacial score (nSPS) is 10.1. The van der Waals surface area contributed by atoms with Crippen molar-refractivity contribution in [1.82, 2.24) is 20.3 Å². The number of aromatic nitrogens is 3. The Morgan fingerprint density at radius 1 is 1.21 bits per heavy atom. The number of pyridine rings is 1. The molecule has 1 N–H and O–H groups in total. The molecule has 5 nitrogen and oxygen atoms in total. The first-order valence-electron chi connectivity index (χ1n) is 5.94. The Kier molecular flexibility index (Phi) is 5.31. The van der Waals surface area contributed by atoms with Crippen LogP contribution >= 0.6 is 11.8 Å². The molecule has 0 saturated carbocycles. The van der Waals surface area contributed by atoms with E-state index in [4.69, 9.17) is 0 Å². The van der Waals surface area contributed by atoms with E-state index in [0.717, 1.165) is 17.2 Å². The quantitative estimate of drug-likeness (QED) is 0.642. The van der Waals surface area contributed by atoms with E-state index in [0.29, 0.717) is 12.2 Å². The summed E-state index contributed by atoms with van der Waals surface area (Å²) in [6.45, 7) is 0.620. The number of nitrogens with zero attached hydrogens (tertiary/aromatic N) is 3. The van der Waals surface area contributed by atoms with Crippen molar-refractivity contribution in [2.75, 3.05) is 12.3 Å². The standard InChI is InChI=1S/C13H14N4OS/c18-13(11-10-14-7-8-15-11)17-6-3-9-19-12-4-1-2-5-16-12/h1-2,4-5,7-8,10H,3,6,9H2,(H,17,18). The first kappa shape index (κ1) is 13.5. The number of amides is 1. The SMILES string of the molecule is O=C(NCCCSc1ccccn1)c1cnccn1. The minimum Gasteiger partial charge on any atom is -0.351 e. The molecule has 19 heavy (non-hydrogen) atoms. The van der Waals surface area contributed by atoms with Gasteiger partial charge < -0.3 is 5.32 Å². The maximum Gasteiger partial charge on any atom is 0.271 e. The monoisotopic (exact) mass is 274 g/mol. The van der Waals surface area contributed by atoms with Gasteiger partial charge in [0, 0.05) is 30.9 Å². The summed E-state index contributed by atoms with van der Waals surface area (Å²) in [5.74, 6) is 0.730. The number of nitrogens with one attached hydrogen (secondary N) is 1. The molecule has 0 unspecified atom stereocenters. The van der Waals surface area contributed by atoms with Gasteiger partial charge in [-0.2, -0.15) is 0 Å². The lowest BCUT2D eigenvalue weighted by atomic mass is 10.4. The number of hydrogen-bond acceptors (Lipinski definition) is 5. The Hall–Kier alpha value is -1.95. The van der Waals surface area contributed by atoms with Gasteiger partial charge in [0.15, 0.2) is 0 Å². The average Bonchev–Trinajstić information content (AvgIpc) is 2.49. The van der Waals surface area contributed by atoms with E-state index in [9.17, 15) is 4.79 Å². The van der Waals surface area contributed by atoms with Crippen LogP contribution in [-0.4, -0.2) is 33.2 Å². The van der Waals surface area contributed by atoms with Crippen LogP contribution in [0.5, 0.6) is 0 Å². The van der Waals surface area contributed by atoms with Crippen molar-refractivity contribution in [3.8, 4) is 0 Å². The molecule has 0 saturated heterocycles. The van der Waals surface area contributed by atoms with Gasteiger partial charge in [-0.25, -0.2) is 9.97 Å². The van der Waals surface area contributed by atoms with Gasteiger partial charge in [0.25, 0.3) is 5.91 Å². The van der Waals surface area contributed by atoms with E-state index >= 15 is 0 Å². The molecule has 0 fully saturated rings. The number of carbonyl (C=O) groups excluding carboxylic acids is 1. The van der Waals surface area contributed by atoms with E-state index < -0.39 is 0 Å². The molecule has 2 rings (SSSR count). The van der Waals surface area contributed by atoms with Gasteiger partial charge in [-0.05, 0) is 18.6 Å². The molecule has 2 aromatic heterocycles. The van der Waals surface area contributed by atoms with Crippen molar-refractivity contribution in [3.63, 3.8) is 0 Å². The second-order valence-electron chi connectivity index (χ2n) is 3.72. The highest BCUT2D eigenvalue weighted by Gasteiger charge is 2.05. The molecule has 0 aliphatic rings. The molecule has 2 aromatic rings. The van der Waals surface area contributed by atoms with Crippen LogP contribution in [0.25, 0.3) is 0 Å². The molecule has 98 valence electrons. The molecule has 0 spiro atoms. The van der Waals surface area contributed by atoms with Crippen LogP contribution in [0, 0.1) is 0 Å². The number of rotatable bonds is 6. The fourth-order valence-corrected chi connectivity index (χ4v) is 2.20. The van der Waals surface area contributed by atoms with Crippen LogP contribution in [0.15, 0.2) is 48.0 Å². The molecule has 0 radical (unpaired) electrons. The molecule has 0 aliphatic heterocycles. The summed E-state index contributed by atoms with van der Waals surface area (Å²) in [4.78, 5) is 23.7. The molecule has 0 atom stereocenters. The summed E-state index contributed by atoms with van der Waals surface area (Å²) in [5, 5.41) is 3.81. The summed E-state index contributed by atoms with van der Waals surface area (Å²) in [7, 11) is 0. The zero-order valence-electron chi connectivity index (χ0n) is 10.3. The molecule has 6 heteroatoms. The van der Waals surface area contributed by atoms with E-state index in [1.54, 1.807) is 24.2 Å². The maximum absolute atomic E-state index is 11.6. The van der Waals surface area contributed by atoms with Crippen LogP contribution in [-0.2, 0) is 0 Å². The Morgan fingerprint density at radius 3 is 2.89 bits per heavy atom. The molecule has 2 heterocycles. The highest BCUT2D eigenvalue weighted by Crippen LogP contribution is 2.14. The van der Waals surface area contributed by atoms with Crippen LogP contribution in [0.1, 0.15) is 16.9 Å². The Morgan fingerprint density at radius 2 is 2.16 bits per heavy atom. The van der Waals surface area contributed by atoms with Crippen LogP contribution in [0.4, 0.5) is 0 Å². The predicted molar refractivity (Wildman–Crippen MR) is 73.9 cm³/mol. The lowest BCUT2D eigenvalue weighted by molar-refractivity contribution is 0.0948. The molecule has 0 aliphatic carbocycles. The van der Waals surface area contributed by atoms with Crippen molar-refractivity contribution >= 4 is 17.7 Å². The van der Waals surface area contributed by atoms with E-state index in [2.05, 4.69) is 20.3 Å². The average molecular weight is 274 g/mol. The summed E-state index contributed by atoms with van der Waals surface area (Å²) in [6, 6.07) is 5.83. The fourth-order valence-electron chi connectivity index (χ4n) is 1.39. The Labute approximate surface area is 115 Å². The van der Waals surface area contributed by atoms with Gasteiger partial charge in [0.2, 0.25) is 0 Å². The maximum atomic E-state index is 11.6. The summed E-state index contributed by atoms with van der Waals surface area (Å²) in [6.07, 6.45) is 7.16. The molecule has 0 bridgehead atoms. The van der Waals surface area contributed by atoms with Gasteiger partial charge >= 0.3 is 0 Å². The first-order chi connectivity index (χ1) is 9.36. The second kappa shape index (κ2) is 7.48. The Bertz CT molecular complexity index is 507. The van der Waals surface area contributed by atoms with Crippen LogP contribution in [0.2, 0.25) is 0 Å². The highest BCUT2D eigenvalue weighted by molar-refractivity contribution is 7.99. The Balaban J connectivity index is 1.63. The third-order valence-electron chi connectivity index (χ3n) is 2.29. The van der Waals surface area contributed by atoms with Gasteiger partial charge in [-0.3, -0.25) is 9.78 Å². The zero-order valence-corrected chi connectivity index (χ0v) is 11.1. The first-order valence-corrected chi connectivity index (χ1v) is 6.93. The van der Waals surface area contributed by atoms with E-state index in [-0.39, 0.29) is 5.91 Å². The third-order valence-corrected chi connectivity index (χ3v) is 3.32. The predicted octanol–water partition coefficient (Wildman–Crippen LogP) is 1.78. The lowest BCUT2D eigenvalue weighted by Crippen LogP contribution is -2.25. The van der Waals surface area contributed by atoms with Crippen molar-refractivity contribution in [1.29, 1.82) is 0 Å². The van der Waals surface area contributed by atoms with Gasteiger partial charge in [-0.1, -0.05) is 6.07 Å². The lowest BCUT2D eigenvalue weighted by Gasteiger charge is -2.04. The van der Waals surface area contributed by atoms with Crippen molar-refractivity contribution in [2.45, 2.75) is 11.4 Å². The van der Waals surface area contributed by atoms with E-state index in [1.165, 1.54) is 12.4 Å². The highest BCUT2D eigenvalue weighted by atomic mass is 32.2. The zero-order chi connectivity index (χ0) is 13.3. The van der Waals surface area contributed by atoms with Gasteiger partial charge in [0.05, 0.1) is 11.2 Å². The summed E-state index contributed by atoms with van der Waals surface area (Å²) in [5.41, 5.74) is 0.347. The summed E-state index contributed by atoms with van der Waals surface area (Å²) < 4.78 is 0. The van der Waals surface area contributed by atoms with E-state index in [1.807, 2.05) is 18.2 Å². The molecule has 1 amide bonds. The van der Waals surface area contributed by atoms with Crippen molar-refractivity contribution in [2.24, 2.45) is 0 Å². The van der Waals surface area contributed by atoms with Crippen molar-refractivity contribution in [3.05, 3.63) is 48.7 Å². The van der Waals surface area contributed by atoms with Crippen LogP contribution in [0.3, 0.4) is 0 Å². The molecular weight excluding hydrogens is 260 g/mol. The van der Waals surface area contributed by atoms with Gasteiger partial charge in [-0.15, -0.1) is 11.8 Å². The molecule has 0 aromatic carbocycles. The third kappa shape index (κ3) is 4.67. The largest absolute Gasteiger partial charge is 0.351 e. The number of thioether (sulfide) groups is 1. The smallest absolute Gasteiger partial charge is 0.271 e. The van der Waals surface area contributed by atoms with Crippen LogP contribution < -0.4 is 5.32 Å². The second-order valence-corrected chi connectivity index (χ2v) is 4.83. The number of hydrogen-bond donors (Lipinski definition) is 1. The van der Waals surface area contributed by atoms with Gasteiger partial charge in [0.1, 0.15) is 5.69 Å². The fraction of sp³-hybridized carbons (Fsp3) is 0.231. The summed E-state index contributed by atoms with van der Waals surface area (Å²) >= 11 is 1.68.